The molecule has 0 aliphatic carbocycles. The van der Waals surface area contributed by atoms with Crippen LogP contribution in [-0.4, -0.2) is 28.6 Å². The molecule has 0 fully saturated rings. The van der Waals surface area contributed by atoms with Crippen molar-refractivity contribution in [3.8, 4) is 11.5 Å². The molecule has 0 amide bonds. The largest absolute Gasteiger partial charge is 0.494 e. The fraction of sp³-hybridized carbons (Fsp3) is 0.222. The lowest BCUT2D eigenvalue weighted by molar-refractivity contribution is 0.403. The second kappa shape index (κ2) is 4.99. The lowest BCUT2D eigenvalue weighted by Crippen LogP contribution is -2.12. The van der Waals surface area contributed by atoms with E-state index >= 15 is 0 Å². The summed E-state index contributed by atoms with van der Waals surface area (Å²) in [7, 11) is 3.23. The van der Waals surface area contributed by atoms with Gasteiger partial charge >= 0.3 is 0 Å². The van der Waals surface area contributed by atoms with Crippen LogP contribution in [-0.2, 0) is 0 Å². The summed E-state index contributed by atoms with van der Waals surface area (Å²) in [4.78, 5) is 20.1. The quantitative estimate of drug-likeness (QED) is 0.616. The molecule has 0 spiro atoms. The minimum Gasteiger partial charge on any atom is -0.494 e. The van der Waals surface area contributed by atoms with Crippen molar-refractivity contribution in [3.05, 3.63) is 46.0 Å². The Labute approximate surface area is 137 Å². The number of hydrogen-bond donors (Lipinski definition) is 1. The van der Waals surface area contributed by atoms with Gasteiger partial charge in [0.15, 0.2) is 0 Å². The monoisotopic (exact) mass is 323 g/mol. The van der Waals surface area contributed by atoms with Crippen LogP contribution in [0.2, 0.25) is 0 Å². The maximum absolute atomic E-state index is 12.7. The van der Waals surface area contributed by atoms with Crippen LogP contribution in [0.4, 0.5) is 0 Å². The van der Waals surface area contributed by atoms with Crippen molar-refractivity contribution in [2.45, 2.75) is 13.8 Å². The summed E-state index contributed by atoms with van der Waals surface area (Å²) >= 11 is 0. The molecule has 122 valence electrons. The van der Waals surface area contributed by atoms with Crippen LogP contribution in [0.15, 0.2) is 29.3 Å². The number of ether oxygens (including phenoxy) is 2. The van der Waals surface area contributed by atoms with Crippen molar-refractivity contribution in [2.24, 2.45) is 0 Å². The minimum absolute atomic E-state index is 0.186. The van der Waals surface area contributed by atoms with Gasteiger partial charge in [0, 0.05) is 17.8 Å². The number of H-pyrrole nitrogens is 1. The van der Waals surface area contributed by atoms with E-state index in [0.29, 0.717) is 22.5 Å². The molecule has 0 unspecified atom stereocenters. The summed E-state index contributed by atoms with van der Waals surface area (Å²) < 4.78 is 13.1. The Balaban J connectivity index is 2.39. The standard InChI is InChI=1S/C18H17N3O3/c1-9-10(2)17(24-4)15-13(16(9)23-3)20-18(22)14-11-6-5-7-19-12(11)8-21(14)15/h5-8H,1-4H3,(H,20,22). The zero-order valence-corrected chi connectivity index (χ0v) is 13.9. The Hall–Kier alpha value is -3.02. The van der Waals surface area contributed by atoms with Crippen molar-refractivity contribution in [3.63, 3.8) is 0 Å². The summed E-state index contributed by atoms with van der Waals surface area (Å²) in [5.41, 5.74) is 4.42. The maximum Gasteiger partial charge on any atom is 0.273 e. The van der Waals surface area contributed by atoms with E-state index < -0.39 is 0 Å². The highest BCUT2D eigenvalue weighted by Gasteiger charge is 2.21. The number of pyridine rings is 1. The molecule has 0 atom stereocenters. The first-order valence-corrected chi connectivity index (χ1v) is 7.61. The average Bonchev–Trinajstić information content (AvgIpc) is 2.97. The van der Waals surface area contributed by atoms with Crippen molar-refractivity contribution < 1.29 is 9.47 Å². The third kappa shape index (κ3) is 1.71. The van der Waals surface area contributed by atoms with E-state index in [2.05, 4.69) is 9.97 Å². The first-order valence-electron chi connectivity index (χ1n) is 7.61. The summed E-state index contributed by atoms with van der Waals surface area (Å²) in [5.74, 6) is 1.36. The Morgan fingerprint density at radius 3 is 2.50 bits per heavy atom. The maximum atomic E-state index is 12.7. The number of fused-ring (bicyclic) bond motifs is 5. The summed E-state index contributed by atoms with van der Waals surface area (Å²) in [6.07, 6.45) is 3.57. The highest BCUT2D eigenvalue weighted by atomic mass is 16.5. The molecular formula is C18H17N3O3. The normalized spacial score (nSPS) is 11.5. The van der Waals surface area contributed by atoms with Crippen LogP contribution in [0.25, 0.3) is 27.5 Å². The molecule has 6 heteroatoms. The van der Waals surface area contributed by atoms with Gasteiger partial charge in [-0.15, -0.1) is 0 Å². The molecule has 0 aliphatic heterocycles. The number of rotatable bonds is 2. The van der Waals surface area contributed by atoms with E-state index in [1.165, 1.54) is 0 Å². The van der Waals surface area contributed by atoms with Gasteiger partial charge in [0.1, 0.15) is 28.0 Å². The molecule has 3 aromatic heterocycles. The van der Waals surface area contributed by atoms with Crippen LogP contribution in [0.3, 0.4) is 0 Å². The number of methoxy groups -OCH3 is 2. The molecular weight excluding hydrogens is 306 g/mol. The number of aromatic amines is 1. The van der Waals surface area contributed by atoms with Gasteiger partial charge in [-0.2, -0.15) is 0 Å². The second-order valence-electron chi connectivity index (χ2n) is 5.78. The van der Waals surface area contributed by atoms with Crippen LogP contribution >= 0.6 is 0 Å². The van der Waals surface area contributed by atoms with E-state index in [1.54, 1.807) is 20.4 Å². The molecule has 4 rings (SSSR count). The minimum atomic E-state index is -0.186. The van der Waals surface area contributed by atoms with E-state index in [0.717, 1.165) is 27.5 Å². The first-order chi connectivity index (χ1) is 11.6. The molecule has 6 nitrogen and oxygen atoms in total. The second-order valence-corrected chi connectivity index (χ2v) is 5.78. The summed E-state index contributed by atoms with van der Waals surface area (Å²) in [6.45, 7) is 3.93. The fourth-order valence-electron chi connectivity index (χ4n) is 3.40. The number of nitrogens with one attached hydrogen (secondary N) is 1. The van der Waals surface area contributed by atoms with Gasteiger partial charge < -0.3 is 18.9 Å². The van der Waals surface area contributed by atoms with E-state index in [1.807, 2.05) is 36.6 Å². The lowest BCUT2D eigenvalue weighted by Gasteiger charge is -2.17. The van der Waals surface area contributed by atoms with Crippen molar-refractivity contribution in [1.29, 1.82) is 0 Å². The predicted octanol–water partition coefficient (Wildman–Crippen LogP) is 2.96. The van der Waals surface area contributed by atoms with Crippen molar-refractivity contribution in [1.82, 2.24) is 14.4 Å². The Morgan fingerprint density at radius 1 is 1.08 bits per heavy atom. The fourth-order valence-corrected chi connectivity index (χ4v) is 3.40. The number of aromatic nitrogens is 3. The highest BCUT2D eigenvalue weighted by Crippen LogP contribution is 2.39. The van der Waals surface area contributed by atoms with Crippen molar-refractivity contribution >= 4 is 27.5 Å². The number of benzene rings is 1. The van der Waals surface area contributed by atoms with Crippen LogP contribution in [0.5, 0.6) is 11.5 Å². The zero-order chi connectivity index (χ0) is 17.0. The van der Waals surface area contributed by atoms with Gasteiger partial charge in [-0.3, -0.25) is 9.78 Å². The SMILES string of the molecule is COc1c(C)c(C)c(OC)c2c1[nH]c(=O)c1c3cccnc3cn21. The third-order valence-corrected chi connectivity index (χ3v) is 4.61. The topological polar surface area (TPSA) is 68.6 Å². The molecule has 1 aromatic carbocycles. The zero-order valence-electron chi connectivity index (χ0n) is 13.9. The Morgan fingerprint density at radius 2 is 1.79 bits per heavy atom. The molecule has 0 aliphatic rings. The van der Waals surface area contributed by atoms with Gasteiger partial charge in [0.05, 0.1) is 19.7 Å². The van der Waals surface area contributed by atoms with Gasteiger partial charge in [0.25, 0.3) is 5.56 Å². The molecule has 1 N–H and O–H groups in total. The van der Waals surface area contributed by atoms with E-state index in [4.69, 9.17) is 9.47 Å². The van der Waals surface area contributed by atoms with Crippen LogP contribution in [0, 0.1) is 13.8 Å². The number of hydrogen-bond acceptors (Lipinski definition) is 4. The Bertz CT molecular complexity index is 1170. The van der Waals surface area contributed by atoms with Gasteiger partial charge in [0.2, 0.25) is 0 Å². The predicted molar refractivity (Wildman–Crippen MR) is 93.4 cm³/mol. The van der Waals surface area contributed by atoms with Gasteiger partial charge in [-0.05, 0) is 37.1 Å². The summed E-state index contributed by atoms with van der Waals surface area (Å²) in [6, 6.07) is 3.72. The Kier molecular flexibility index (Phi) is 3.03. The van der Waals surface area contributed by atoms with Gasteiger partial charge in [-0.1, -0.05) is 0 Å². The van der Waals surface area contributed by atoms with Gasteiger partial charge in [-0.25, -0.2) is 0 Å². The molecule has 0 bridgehead atoms. The lowest BCUT2D eigenvalue weighted by atomic mass is 10.1. The molecule has 0 saturated carbocycles. The van der Waals surface area contributed by atoms with Crippen LogP contribution < -0.4 is 15.0 Å². The summed E-state index contributed by atoms with van der Waals surface area (Å²) in [5, 5.41) is 0.805. The average molecular weight is 323 g/mol. The van der Waals surface area contributed by atoms with Crippen molar-refractivity contribution in [2.75, 3.05) is 14.2 Å². The molecule has 4 aromatic rings. The first kappa shape index (κ1) is 14.6. The molecule has 24 heavy (non-hydrogen) atoms. The number of nitrogens with zero attached hydrogens (tertiary/aromatic N) is 2. The van der Waals surface area contributed by atoms with E-state index in [9.17, 15) is 4.79 Å². The van der Waals surface area contributed by atoms with E-state index in [-0.39, 0.29) is 5.56 Å². The smallest absolute Gasteiger partial charge is 0.273 e. The molecule has 3 heterocycles. The molecule has 0 saturated heterocycles. The molecule has 0 radical (unpaired) electrons. The highest BCUT2D eigenvalue weighted by molar-refractivity contribution is 6.00. The third-order valence-electron chi connectivity index (χ3n) is 4.61. The van der Waals surface area contributed by atoms with Crippen LogP contribution in [0.1, 0.15) is 11.1 Å².